The third-order valence-electron chi connectivity index (χ3n) is 4.95. The lowest BCUT2D eigenvalue weighted by atomic mass is 10.2. The number of benzene rings is 2. The van der Waals surface area contributed by atoms with E-state index in [1.165, 1.54) is 10.9 Å². The number of fused-ring (bicyclic) bond motifs is 2. The summed E-state index contributed by atoms with van der Waals surface area (Å²) in [6, 6.07) is 14.0. The molecule has 0 fully saturated rings. The highest BCUT2D eigenvalue weighted by atomic mass is 16.5. The highest BCUT2D eigenvalue weighted by Gasteiger charge is 2.23. The number of aromatic hydroxyl groups is 1. The van der Waals surface area contributed by atoms with Crippen molar-refractivity contribution in [2.75, 3.05) is 18.9 Å². The SMILES string of the molecule is CC(C)OCCCNC(=O)c1c(N)n(N=Cc2cccc(O)c2)c2nc3ccccc3nc12. The Labute approximate surface area is 190 Å². The van der Waals surface area contributed by atoms with Crippen LogP contribution < -0.4 is 11.1 Å². The monoisotopic (exact) mass is 446 g/mol. The Morgan fingerprint density at radius 1 is 1.21 bits per heavy atom. The first-order valence-electron chi connectivity index (χ1n) is 10.7. The molecule has 0 saturated heterocycles. The van der Waals surface area contributed by atoms with Crippen LogP contribution in [0.15, 0.2) is 53.6 Å². The van der Waals surface area contributed by atoms with Crippen molar-refractivity contribution in [2.24, 2.45) is 5.10 Å². The van der Waals surface area contributed by atoms with Gasteiger partial charge in [-0.2, -0.15) is 9.78 Å². The summed E-state index contributed by atoms with van der Waals surface area (Å²) >= 11 is 0. The van der Waals surface area contributed by atoms with Gasteiger partial charge < -0.3 is 20.9 Å². The van der Waals surface area contributed by atoms with E-state index in [9.17, 15) is 9.90 Å². The van der Waals surface area contributed by atoms with Crippen LogP contribution in [0.5, 0.6) is 5.75 Å². The largest absolute Gasteiger partial charge is 0.508 e. The molecule has 0 aliphatic rings. The molecule has 9 heteroatoms. The van der Waals surface area contributed by atoms with E-state index in [-0.39, 0.29) is 29.1 Å². The zero-order valence-electron chi connectivity index (χ0n) is 18.5. The van der Waals surface area contributed by atoms with Crippen molar-refractivity contribution in [1.82, 2.24) is 20.0 Å². The lowest BCUT2D eigenvalue weighted by molar-refractivity contribution is 0.0757. The van der Waals surface area contributed by atoms with E-state index in [1.807, 2.05) is 38.1 Å². The molecule has 1 amide bonds. The molecule has 0 bridgehead atoms. The summed E-state index contributed by atoms with van der Waals surface area (Å²) in [5.41, 5.74) is 9.32. The Hall–Kier alpha value is -3.98. The van der Waals surface area contributed by atoms with Gasteiger partial charge >= 0.3 is 0 Å². The van der Waals surface area contributed by atoms with E-state index in [2.05, 4.69) is 20.4 Å². The first-order valence-corrected chi connectivity index (χ1v) is 10.7. The summed E-state index contributed by atoms with van der Waals surface area (Å²) in [5, 5.41) is 17.0. The molecular formula is C24H26N6O3. The van der Waals surface area contributed by atoms with E-state index < -0.39 is 0 Å². The summed E-state index contributed by atoms with van der Waals surface area (Å²) in [5.74, 6) is -0.0952. The molecule has 2 heterocycles. The number of nitrogens with two attached hydrogens (primary N) is 1. The summed E-state index contributed by atoms with van der Waals surface area (Å²) in [6.07, 6.45) is 2.35. The molecule has 0 saturated carbocycles. The van der Waals surface area contributed by atoms with Crippen molar-refractivity contribution in [3.63, 3.8) is 0 Å². The van der Waals surface area contributed by atoms with Crippen LogP contribution in [0.3, 0.4) is 0 Å². The highest BCUT2D eigenvalue weighted by Crippen LogP contribution is 2.27. The number of nitrogens with one attached hydrogen (secondary N) is 1. The summed E-state index contributed by atoms with van der Waals surface area (Å²) in [6.45, 7) is 4.92. The van der Waals surface area contributed by atoms with Gasteiger partial charge in [0.2, 0.25) is 0 Å². The molecule has 0 spiro atoms. The van der Waals surface area contributed by atoms with Crippen LogP contribution in [-0.2, 0) is 4.74 Å². The van der Waals surface area contributed by atoms with Gasteiger partial charge in [0.25, 0.3) is 5.91 Å². The van der Waals surface area contributed by atoms with Gasteiger partial charge in [0.15, 0.2) is 5.65 Å². The van der Waals surface area contributed by atoms with Gasteiger partial charge in [0.05, 0.1) is 23.4 Å². The van der Waals surface area contributed by atoms with Gasteiger partial charge in [-0.05, 0) is 50.1 Å². The number of rotatable bonds is 8. The van der Waals surface area contributed by atoms with Crippen molar-refractivity contribution in [3.05, 3.63) is 59.7 Å². The van der Waals surface area contributed by atoms with Gasteiger partial charge in [-0.25, -0.2) is 9.97 Å². The van der Waals surface area contributed by atoms with Gasteiger partial charge in [-0.3, -0.25) is 4.79 Å². The number of nitrogen functional groups attached to an aromatic ring is 1. The fraction of sp³-hybridized carbons (Fsp3) is 0.250. The molecule has 2 aromatic carbocycles. The van der Waals surface area contributed by atoms with Crippen molar-refractivity contribution >= 4 is 40.1 Å². The van der Waals surface area contributed by atoms with E-state index in [0.717, 1.165) is 0 Å². The molecule has 4 aromatic rings. The number of amides is 1. The summed E-state index contributed by atoms with van der Waals surface area (Å²) in [7, 11) is 0. The van der Waals surface area contributed by atoms with Crippen molar-refractivity contribution in [1.29, 1.82) is 0 Å². The molecule has 0 radical (unpaired) electrons. The molecule has 4 N–H and O–H groups in total. The molecule has 0 atom stereocenters. The number of aromatic nitrogens is 3. The standard InChI is InChI=1S/C24H26N6O3/c1-15(2)33-12-6-11-26-24(32)20-21-23(29-19-10-4-3-9-18(19)28-21)30(22(20)25)27-14-16-7-5-8-17(31)13-16/h3-5,7-10,13-15,31H,6,11-12,25H2,1-2H3,(H,26,32). The molecule has 170 valence electrons. The van der Waals surface area contributed by atoms with E-state index in [0.29, 0.717) is 47.3 Å². The van der Waals surface area contributed by atoms with Crippen LogP contribution in [0.1, 0.15) is 36.2 Å². The average Bonchev–Trinajstić information content (AvgIpc) is 3.05. The van der Waals surface area contributed by atoms with Crippen LogP contribution in [0.2, 0.25) is 0 Å². The minimum Gasteiger partial charge on any atom is -0.508 e. The van der Waals surface area contributed by atoms with Crippen LogP contribution >= 0.6 is 0 Å². The van der Waals surface area contributed by atoms with E-state index >= 15 is 0 Å². The molecule has 0 aliphatic heterocycles. The van der Waals surface area contributed by atoms with Crippen molar-refractivity contribution in [3.8, 4) is 5.75 Å². The van der Waals surface area contributed by atoms with Crippen LogP contribution in [0.25, 0.3) is 22.2 Å². The second-order valence-electron chi connectivity index (χ2n) is 7.83. The third-order valence-corrected chi connectivity index (χ3v) is 4.95. The lowest BCUT2D eigenvalue weighted by Crippen LogP contribution is -2.26. The molecule has 2 aromatic heterocycles. The average molecular weight is 447 g/mol. The number of phenolic OH excluding ortho intramolecular Hbond substituents is 1. The number of hydrogen-bond donors (Lipinski definition) is 3. The molecule has 33 heavy (non-hydrogen) atoms. The first-order chi connectivity index (χ1) is 15.9. The number of nitrogens with zero attached hydrogens (tertiary/aromatic N) is 4. The molecule has 0 unspecified atom stereocenters. The normalized spacial score (nSPS) is 11.7. The van der Waals surface area contributed by atoms with Gasteiger partial charge in [0.1, 0.15) is 22.6 Å². The Morgan fingerprint density at radius 3 is 2.70 bits per heavy atom. The Kier molecular flexibility index (Phi) is 6.50. The fourth-order valence-electron chi connectivity index (χ4n) is 3.40. The summed E-state index contributed by atoms with van der Waals surface area (Å²) in [4.78, 5) is 22.4. The smallest absolute Gasteiger partial charge is 0.257 e. The number of ether oxygens (including phenoxy) is 1. The minimum absolute atomic E-state index is 0.122. The van der Waals surface area contributed by atoms with E-state index in [4.69, 9.17) is 10.5 Å². The van der Waals surface area contributed by atoms with Gasteiger partial charge in [0, 0.05) is 13.2 Å². The number of anilines is 1. The Balaban J connectivity index is 1.72. The van der Waals surface area contributed by atoms with Crippen LogP contribution in [0, 0.1) is 0 Å². The van der Waals surface area contributed by atoms with Crippen molar-refractivity contribution in [2.45, 2.75) is 26.4 Å². The van der Waals surface area contributed by atoms with Gasteiger partial charge in [-0.15, -0.1) is 0 Å². The maximum Gasteiger partial charge on any atom is 0.257 e. The Morgan fingerprint density at radius 2 is 1.97 bits per heavy atom. The van der Waals surface area contributed by atoms with Crippen molar-refractivity contribution < 1.29 is 14.6 Å². The minimum atomic E-state index is -0.349. The van der Waals surface area contributed by atoms with Crippen LogP contribution in [-0.4, -0.2) is 51.1 Å². The van der Waals surface area contributed by atoms with Crippen LogP contribution in [0.4, 0.5) is 5.82 Å². The first kappa shape index (κ1) is 22.2. The molecule has 9 nitrogen and oxygen atoms in total. The van der Waals surface area contributed by atoms with E-state index in [1.54, 1.807) is 24.3 Å². The fourth-order valence-corrected chi connectivity index (χ4v) is 3.40. The highest BCUT2D eigenvalue weighted by molar-refractivity contribution is 6.10. The lowest BCUT2D eigenvalue weighted by Gasteiger charge is -2.08. The second-order valence-corrected chi connectivity index (χ2v) is 7.83. The zero-order chi connectivity index (χ0) is 23.4. The maximum absolute atomic E-state index is 13.0. The molecule has 4 rings (SSSR count). The zero-order valence-corrected chi connectivity index (χ0v) is 18.5. The number of para-hydroxylation sites is 2. The topological polar surface area (TPSA) is 128 Å². The number of carbonyl (C=O) groups is 1. The maximum atomic E-state index is 13.0. The van der Waals surface area contributed by atoms with Gasteiger partial charge in [-0.1, -0.05) is 24.3 Å². The molecule has 0 aliphatic carbocycles. The number of carbonyl (C=O) groups excluding carboxylic acids is 1. The quantitative estimate of drug-likeness (QED) is 0.281. The number of hydrogen-bond acceptors (Lipinski definition) is 7. The predicted octanol–water partition coefficient (Wildman–Crippen LogP) is 3.30. The molecular weight excluding hydrogens is 420 g/mol. The predicted molar refractivity (Wildman–Crippen MR) is 129 cm³/mol. The second kappa shape index (κ2) is 9.66. The Bertz CT molecular complexity index is 1330. The number of phenols is 1. The third kappa shape index (κ3) is 4.93. The summed E-state index contributed by atoms with van der Waals surface area (Å²) < 4.78 is 6.92.